The van der Waals surface area contributed by atoms with E-state index >= 15 is 0 Å². The summed E-state index contributed by atoms with van der Waals surface area (Å²) in [4.78, 5) is 41.7. The lowest BCUT2D eigenvalue weighted by molar-refractivity contribution is -0.122. The Morgan fingerprint density at radius 1 is 1.30 bits per heavy atom. The SMILES string of the molecule is CCOc1nc2ccc(C(CN)C(=O)[C@H](C)NC(=O)OC(C)(C)C)c(C)c2c(=O)o1. The summed E-state index contributed by atoms with van der Waals surface area (Å²) in [6.07, 6.45) is -0.800. The van der Waals surface area contributed by atoms with Crippen LogP contribution in [0.1, 0.15) is 51.7 Å². The first-order valence-corrected chi connectivity index (χ1v) is 9.79. The molecule has 30 heavy (non-hydrogen) atoms. The van der Waals surface area contributed by atoms with Crippen LogP contribution in [0.25, 0.3) is 10.9 Å². The average Bonchev–Trinajstić information content (AvgIpc) is 2.62. The summed E-state index contributed by atoms with van der Waals surface area (Å²) in [7, 11) is 0. The predicted molar refractivity (Wildman–Crippen MR) is 112 cm³/mol. The van der Waals surface area contributed by atoms with Gasteiger partial charge in [-0.05, 0) is 58.7 Å². The maximum atomic E-state index is 13.0. The highest BCUT2D eigenvalue weighted by Crippen LogP contribution is 2.27. The van der Waals surface area contributed by atoms with Crippen LogP contribution in [-0.2, 0) is 9.53 Å². The lowest BCUT2D eigenvalue weighted by Crippen LogP contribution is -2.44. The van der Waals surface area contributed by atoms with E-state index in [1.54, 1.807) is 53.7 Å². The second kappa shape index (κ2) is 9.25. The first-order valence-electron chi connectivity index (χ1n) is 9.79. The lowest BCUT2D eigenvalue weighted by Gasteiger charge is -2.24. The number of ether oxygens (including phenoxy) is 2. The van der Waals surface area contributed by atoms with Gasteiger partial charge in [0.15, 0.2) is 5.78 Å². The molecule has 0 radical (unpaired) electrons. The van der Waals surface area contributed by atoms with Crippen molar-refractivity contribution >= 4 is 22.8 Å². The van der Waals surface area contributed by atoms with Crippen LogP contribution in [0, 0.1) is 6.92 Å². The third-order valence-electron chi connectivity index (χ3n) is 4.46. The van der Waals surface area contributed by atoms with E-state index in [9.17, 15) is 14.4 Å². The molecular formula is C21H29N3O6. The maximum Gasteiger partial charge on any atom is 0.408 e. The third-order valence-corrected chi connectivity index (χ3v) is 4.46. The Bertz CT molecular complexity index is 993. The van der Waals surface area contributed by atoms with Gasteiger partial charge in [0.1, 0.15) is 5.60 Å². The number of Topliss-reactive ketones (excluding diaryl/α,β-unsaturated/α-hetero) is 1. The fraction of sp³-hybridized carbons (Fsp3) is 0.524. The van der Waals surface area contributed by atoms with E-state index in [0.717, 1.165) is 0 Å². The Balaban J connectivity index is 2.35. The second-order valence-electron chi connectivity index (χ2n) is 7.93. The normalized spacial score (nSPS) is 13.6. The molecule has 2 aromatic rings. The van der Waals surface area contributed by atoms with Crippen LogP contribution in [0.3, 0.4) is 0 Å². The summed E-state index contributed by atoms with van der Waals surface area (Å²) in [5, 5.41) is 2.79. The molecule has 0 aliphatic carbocycles. The fourth-order valence-electron chi connectivity index (χ4n) is 3.13. The molecule has 0 bridgehead atoms. The number of nitrogens with two attached hydrogens (primary N) is 1. The molecule has 0 aliphatic heterocycles. The minimum absolute atomic E-state index is 0.00130. The molecular weight excluding hydrogens is 390 g/mol. The molecule has 9 nitrogen and oxygen atoms in total. The molecule has 2 atom stereocenters. The van der Waals surface area contributed by atoms with Crippen molar-refractivity contribution in [3.63, 3.8) is 0 Å². The summed E-state index contributed by atoms with van der Waals surface area (Å²) >= 11 is 0. The van der Waals surface area contributed by atoms with Crippen LogP contribution in [-0.4, -0.2) is 41.7 Å². The topological polar surface area (TPSA) is 134 Å². The number of carbonyl (C=O) groups excluding carboxylic acids is 2. The van der Waals surface area contributed by atoms with Crippen molar-refractivity contribution in [1.82, 2.24) is 10.3 Å². The Hall–Kier alpha value is -2.94. The van der Waals surface area contributed by atoms with Gasteiger partial charge in [0.2, 0.25) is 0 Å². The predicted octanol–water partition coefficient (Wildman–Crippen LogP) is 2.42. The number of hydrogen-bond donors (Lipinski definition) is 2. The van der Waals surface area contributed by atoms with Crippen molar-refractivity contribution in [2.75, 3.05) is 13.2 Å². The van der Waals surface area contributed by atoms with Crippen molar-refractivity contribution in [3.8, 4) is 6.08 Å². The molecule has 0 saturated heterocycles. The summed E-state index contributed by atoms with van der Waals surface area (Å²) in [6.45, 7) is 10.5. The molecule has 9 heteroatoms. The monoisotopic (exact) mass is 419 g/mol. The van der Waals surface area contributed by atoms with Crippen LogP contribution in [0.5, 0.6) is 6.08 Å². The number of nitrogens with one attached hydrogen (secondary N) is 1. The molecule has 0 fully saturated rings. The van der Waals surface area contributed by atoms with E-state index in [2.05, 4.69) is 10.3 Å². The van der Waals surface area contributed by atoms with Gasteiger partial charge in [-0.2, -0.15) is 4.98 Å². The van der Waals surface area contributed by atoms with Gasteiger partial charge in [-0.15, -0.1) is 0 Å². The molecule has 3 N–H and O–H groups in total. The largest absolute Gasteiger partial charge is 0.450 e. The van der Waals surface area contributed by atoms with Gasteiger partial charge in [-0.25, -0.2) is 9.59 Å². The molecule has 0 saturated carbocycles. The molecule has 1 heterocycles. The summed E-state index contributed by atoms with van der Waals surface area (Å²) in [5.41, 5.74) is 6.12. The van der Waals surface area contributed by atoms with Gasteiger partial charge in [-0.1, -0.05) is 6.07 Å². The number of benzene rings is 1. The minimum Gasteiger partial charge on any atom is -0.450 e. The van der Waals surface area contributed by atoms with Crippen LogP contribution in [0.15, 0.2) is 21.3 Å². The number of ketones is 1. The Kier molecular flexibility index (Phi) is 7.20. The van der Waals surface area contributed by atoms with Gasteiger partial charge in [0, 0.05) is 6.54 Å². The highest BCUT2D eigenvalue weighted by atomic mass is 16.6. The number of alkyl carbamates (subject to hydrolysis) is 1. The first-order chi connectivity index (χ1) is 14.0. The zero-order valence-electron chi connectivity index (χ0n) is 18.2. The number of rotatable bonds is 7. The van der Waals surface area contributed by atoms with Crippen molar-refractivity contribution in [2.24, 2.45) is 5.73 Å². The smallest absolute Gasteiger partial charge is 0.408 e. The zero-order valence-corrected chi connectivity index (χ0v) is 18.2. The molecule has 164 valence electrons. The molecule has 1 aromatic carbocycles. The van der Waals surface area contributed by atoms with Crippen LogP contribution in [0.2, 0.25) is 0 Å². The minimum atomic E-state index is -0.835. The van der Waals surface area contributed by atoms with E-state index in [1.165, 1.54) is 0 Å². The number of carbonyl (C=O) groups is 2. The highest BCUT2D eigenvalue weighted by Gasteiger charge is 2.29. The van der Waals surface area contributed by atoms with Crippen molar-refractivity contribution in [1.29, 1.82) is 0 Å². The van der Waals surface area contributed by atoms with E-state index in [1.807, 2.05) is 0 Å². The molecule has 1 amide bonds. The number of aromatic nitrogens is 1. The Morgan fingerprint density at radius 2 is 1.97 bits per heavy atom. The Morgan fingerprint density at radius 3 is 2.53 bits per heavy atom. The van der Waals surface area contributed by atoms with E-state index in [4.69, 9.17) is 19.6 Å². The van der Waals surface area contributed by atoms with Gasteiger partial charge < -0.3 is 24.9 Å². The maximum absolute atomic E-state index is 13.0. The van der Waals surface area contributed by atoms with E-state index in [0.29, 0.717) is 23.3 Å². The van der Waals surface area contributed by atoms with Gasteiger partial charge in [0.05, 0.1) is 29.5 Å². The molecule has 2 rings (SSSR count). The van der Waals surface area contributed by atoms with E-state index < -0.39 is 29.3 Å². The number of fused-ring (bicyclic) bond motifs is 1. The van der Waals surface area contributed by atoms with Crippen LogP contribution in [0.4, 0.5) is 4.79 Å². The molecule has 1 aromatic heterocycles. The quantitative estimate of drug-likeness (QED) is 0.699. The molecule has 0 spiro atoms. The van der Waals surface area contributed by atoms with Crippen molar-refractivity contribution < 1.29 is 23.5 Å². The first kappa shape index (κ1) is 23.3. The number of amides is 1. The zero-order chi connectivity index (χ0) is 22.6. The second-order valence-corrected chi connectivity index (χ2v) is 7.93. The molecule has 0 aliphatic rings. The highest BCUT2D eigenvalue weighted by molar-refractivity contribution is 5.94. The lowest BCUT2D eigenvalue weighted by atomic mass is 9.87. The fourth-order valence-corrected chi connectivity index (χ4v) is 3.13. The van der Waals surface area contributed by atoms with Crippen LogP contribution < -0.4 is 21.4 Å². The summed E-state index contributed by atoms with van der Waals surface area (Å²) < 4.78 is 15.5. The van der Waals surface area contributed by atoms with Crippen LogP contribution >= 0.6 is 0 Å². The number of aryl methyl sites for hydroxylation is 1. The van der Waals surface area contributed by atoms with Gasteiger partial charge in [0.25, 0.3) is 0 Å². The Labute approximate surface area is 174 Å². The number of hydrogen-bond acceptors (Lipinski definition) is 8. The van der Waals surface area contributed by atoms with Gasteiger partial charge in [-0.3, -0.25) is 4.79 Å². The third kappa shape index (κ3) is 5.35. The summed E-state index contributed by atoms with van der Waals surface area (Å²) in [5.74, 6) is -1.03. The van der Waals surface area contributed by atoms with Gasteiger partial charge >= 0.3 is 17.8 Å². The average molecular weight is 419 g/mol. The van der Waals surface area contributed by atoms with E-state index in [-0.39, 0.29) is 23.8 Å². The summed E-state index contributed by atoms with van der Waals surface area (Å²) in [6, 6.07) is 2.49. The van der Waals surface area contributed by atoms with Crippen molar-refractivity contribution in [2.45, 2.75) is 59.1 Å². The molecule has 1 unspecified atom stereocenters. The number of nitrogens with zero attached hydrogens (tertiary/aromatic N) is 1. The van der Waals surface area contributed by atoms with Crippen molar-refractivity contribution in [3.05, 3.63) is 33.7 Å². The standard InChI is InChI=1S/C21H29N3O6/c1-7-28-20-24-15-9-8-13(11(2)16(15)18(26)29-20)14(10-22)17(25)12(3)23-19(27)30-21(4,5)6/h8-9,12,14H,7,10,22H2,1-6H3,(H,23,27)/t12-,14?/m0/s1.